The Hall–Kier alpha value is -0.250. The number of halogens is 3. The highest BCUT2D eigenvalue weighted by atomic mass is 19.4. The summed E-state index contributed by atoms with van der Waals surface area (Å²) in [6, 6.07) is -1.63. The van der Waals surface area contributed by atoms with E-state index in [1.54, 1.807) is 0 Å². The van der Waals surface area contributed by atoms with Gasteiger partial charge >= 0.3 is 6.18 Å². The number of hydrogen-bond acceptors (Lipinski definition) is 1. The van der Waals surface area contributed by atoms with Crippen LogP contribution in [0.15, 0.2) is 0 Å². The summed E-state index contributed by atoms with van der Waals surface area (Å²) < 4.78 is 36.7. The van der Waals surface area contributed by atoms with Crippen LogP contribution >= 0.6 is 0 Å². The zero-order chi connectivity index (χ0) is 10.3. The Labute approximate surface area is 76.5 Å². The second-order valence-electron chi connectivity index (χ2n) is 4.73. The average Bonchev–Trinajstić information content (AvgIpc) is 2.26. The van der Waals surface area contributed by atoms with Crippen molar-refractivity contribution in [2.75, 3.05) is 0 Å². The van der Waals surface area contributed by atoms with Crippen molar-refractivity contribution in [3.63, 3.8) is 0 Å². The van der Waals surface area contributed by atoms with Crippen molar-refractivity contribution in [2.24, 2.45) is 17.1 Å². The number of alkyl halides is 3. The highest BCUT2D eigenvalue weighted by Crippen LogP contribution is 2.44. The number of hydrogen-bond donors (Lipinski definition) is 1. The predicted octanol–water partition coefficient (Wildman–Crippen LogP) is 2.70. The van der Waals surface area contributed by atoms with Gasteiger partial charge in [-0.25, -0.2) is 0 Å². The van der Waals surface area contributed by atoms with Gasteiger partial charge in [-0.05, 0) is 30.6 Å². The van der Waals surface area contributed by atoms with Gasteiger partial charge in [0.05, 0.1) is 0 Å². The largest absolute Gasteiger partial charge is 0.403 e. The quantitative estimate of drug-likeness (QED) is 0.684. The fourth-order valence-corrected chi connectivity index (χ4v) is 2.06. The summed E-state index contributed by atoms with van der Waals surface area (Å²) in [5.74, 6) is -0.380. The third-order valence-electron chi connectivity index (χ3n) is 2.89. The number of nitrogens with two attached hydrogens (primary N) is 1. The first-order valence-corrected chi connectivity index (χ1v) is 4.55. The SMILES string of the molecule is CC1(C)CCC(C(N)C(F)(F)F)C1. The van der Waals surface area contributed by atoms with Crippen LogP contribution in [-0.4, -0.2) is 12.2 Å². The van der Waals surface area contributed by atoms with Crippen LogP contribution in [0.4, 0.5) is 13.2 Å². The van der Waals surface area contributed by atoms with E-state index >= 15 is 0 Å². The molecular weight excluding hydrogens is 179 g/mol. The molecule has 0 spiro atoms. The summed E-state index contributed by atoms with van der Waals surface area (Å²) in [4.78, 5) is 0. The first-order valence-electron chi connectivity index (χ1n) is 4.55. The summed E-state index contributed by atoms with van der Waals surface area (Å²) in [6.45, 7) is 3.99. The van der Waals surface area contributed by atoms with Crippen LogP contribution in [0.25, 0.3) is 0 Å². The van der Waals surface area contributed by atoms with Crippen molar-refractivity contribution in [1.29, 1.82) is 0 Å². The maximum atomic E-state index is 12.2. The molecule has 0 aliphatic heterocycles. The third-order valence-corrected chi connectivity index (χ3v) is 2.89. The second kappa shape index (κ2) is 3.15. The minimum absolute atomic E-state index is 0.0353. The molecule has 1 fully saturated rings. The molecule has 1 rings (SSSR count). The van der Waals surface area contributed by atoms with E-state index in [0.717, 1.165) is 6.42 Å². The van der Waals surface area contributed by atoms with Crippen LogP contribution in [0.2, 0.25) is 0 Å². The van der Waals surface area contributed by atoms with Gasteiger partial charge in [-0.3, -0.25) is 0 Å². The van der Waals surface area contributed by atoms with E-state index in [0.29, 0.717) is 12.8 Å². The highest BCUT2D eigenvalue weighted by molar-refractivity contribution is 4.90. The molecule has 0 aromatic rings. The molecule has 0 amide bonds. The van der Waals surface area contributed by atoms with Crippen molar-refractivity contribution in [3.05, 3.63) is 0 Å². The molecule has 4 heteroatoms. The predicted molar refractivity (Wildman–Crippen MR) is 45.2 cm³/mol. The van der Waals surface area contributed by atoms with Gasteiger partial charge in [-0.15, -0.1) is 0 Å². The Morgan fingerprint density at radius 2 is 1.92 bits per heavy atom. The van der Waals surface area contributed by atoms with E-state index < -0.39 is 12.2 Å². The van der Waals surface area contributed by atoms with Crippen LogP contribution in [0, 0.1) is 11.3 Å². The highest BCUT2D eigenvalue weighted by Gasteiger charge is 2.46. The van der Waals surface area contributed by atoms with Gasteiger partial charge in [-0.1, -0.05) is 13.8 Å². The molecule has 0 heterocycles. The van der Waals surface area contributed by atoms with E-state index in [1.807, 2.05) is 13.8 Å². The van der Waals surface area contributed by atoms with Crippen LogP contribution in [0.3, 0.4) is 0 Å². The minimum atomic E-state index is -4.23. The van der Waals surface area contributed by atoms with E-state index in [4.69, 9.17) is 5.73 Å². The molecule has 0 aromatic carbocycles. The molecule has 0 aromatic heterocycles. The maximum Gasteiger partial charge on any atom is 0.403 e. The summed E-state index contributed by atoms with van der Waals surface area (Å²) in [6.07, 6.45) is -2.19. The lowest BCUT2D eigenvalue weighted by atomic mass is 9.88. The number of rotatable bonds is 1. The van der Waals surface area contributed by atoms with Gasteiger partial charge in [0.25, 0.3) is 0 Å². The zero-order valence-corrected chi connectivity index (χ0v) is 7.99. The van der Waals surface area contributed by atoms with Gasteiger partial charge in [0.1, 0.15) is 6.04 Å². The van der Waals surface area contributed by atoms with E-state index in [1.165, 1.54) is 0 Å². The smallest absolute Gasteiger partial charge is 0.320 e. The Kier molecular flexibility index (Phi) is 2.63. The summed E-state index contributed by atoms with van der Waals surface area (Å²) in [7, 11) is 0. The van der Waals surface area contributed by atoms with Crippen molar-refractivity contribution >= 4 is 0 Å². The van der Waals surface area contributed by atoms with Crippen molar-refractivity contribution in [2.45, 2.75) is 45.3 Å². The molecule has 2 atom stereocenters. The van der Waals surface area contributed by atoms with Gasteiger partial charge < -0.3 is 5.73 Å². The fourth-order valence-electron chi connectivity index (χ4n) is 2.06. The Bertz CT molecular complexity index is 186. The molecule has 0 saturated heterocycles. The molecule has 0 bridgehead atoms. The van der Waals surface area contributed by atoms with Crippen LogP contribution in [0.1, 0.15) is 33.1 Å². The molecule has 2 N–H and O–H groups in total. The standard InChI is InChI=1S/C9H16F3N/c1-8(2)4-3-6(5-8)7(13)9(10,11)12/h6-7H,3-5,13H2,1-2H3. The van der Waals surface area contributed by atoms with E-state index in [2.05, 4.69) is 0 Å². The minimum Gasteiger partial charge on any atom is -0.320 e. The Balaban J connectivity index is 2.57. The topological polar surface area (TPSA) is 26.0 Å². The lowest BCUT2D eigenvalue weighted by Crippen LogP contribution is -2.43. The fraction of sp³-hybridized carbons (Fsp3) is 1.00. The average molecular weight is 195 g/mol. The summed E-state index contributed by atoms with van der Waals surface area (Å²) >= 11 is 0. The first-order chi connectivity index (χ1) is 5.72. The molecule has 1 aliphatic rings. The lowest BCUT2D eigenvalue weighted by molar-refractivity contribution is -0.158. The van der Waals surface area contributed by atoms with Crippen LogP contribution in [-0.2, 0) is 0 Å². The summed E-state index contributed by atoms with van der Waals surface area (Å²) in [5, 5.41) is 0. The molecule has 0 radical (unpaired) electrons. The van der Waals surface area contributed by atoms with Crippen LogP contribution in [0.5, 0.6) is 0 Å². The van der Waals surface area contributed by atoms with Gasteiger partial charge in [-0.2, -0.15) is 13.2 Å². The van der Waals surface area contributed by atoms with Crippen molar-refractivity contribution < 1.29 is 13.2 Å². The van der Waals surface area contributed by atoms with Gasteiger partial charge in [0, 0.05) is 0 Å². The van der Waals surface area contributed by atoms with Gasteiger partial charge in [0.15, 0.2) is 0 Å². The molecule has 1 nitrogen and oxygen atoms in total. The Morgan fingerprint density at radius 1 is 1.38 bits per heavy atom. The third kappa shape index (κ3) is 2.59. The Morgan fingerprint density at radius 3 is 2.23 bits per heavy atom. The molecular formula is C9H16F3N. The van der Waals surface area contributed by atoms with E-state index in [9.17, 15) is 13.2 Å². The second-order valence-corrected chi connectivity index (χ2v) is 4.73. The maximum absolute atomic E-state index is 12.2. The van der Waals surface area contributed by atoms with Crippen molar-refractivity contribution in [3.8, 4) is 0 Å². The molecule has 13 heavy (non-hydrogen) atoms. The lowest BCUT2D eigenvalue weighted by Gasteiger charge is -2.23. The normalized spacial score (nSPS) is 30.5. The van der Waals surface area contributed by atoms with Crippen LogP contribution < -0.4 is 5.73 Å². The summed E-state index contributed by atoms with van der Waals surface area (Å²) in [5.41, 5.74) is 5.19. The molecule has 2 unspecified atom stereocenters. The first kappa shape index (κ1) is 10.8. The monoisotopic (exact) mass is 195 g/mol. The van der Waals surface area contributed by atoms with Crippen molar-refractivity contribution in [1.82, 2.24) is 0 Å². The zero-order valence-electron chi connectivity index (χ0n) is 7.99. The molecule has 78 valence electrons. The van der Waals surface area contributed by atoms with E-state index in [-0.39, 0.29) is 11.3 Å². The molecule has 1 saturated carbocycles. The molecule has 1 aliphatic carbocycles. The van der Waals surface area contributed by atoms with Gasteiger partial charge in [0.2, 0.25) is 0 Å².